The molecule has 23 heavy (non-hydrogen) atoms. The van der Waals surface area contributed by atoms with E-state index in [1.807, 2.05) is 45.9 Å². The fourth-order valence-corrected chi connectivity index (χ4v) is 2.10. The highest BCUT2D eigenvalue weighted by Crippen LogP contribution is 2.13. The first kappa shape index (κ1) is 17.2. The minimum Gasteiger partial charge on any atom is -0.371 e. The molecule has 2 rings (SSSR count). The van der Waals surface area contributed by atoms with E-state index in [0.29, 0.717) is 13.2 Å². The van der Waals surface area contributed by atoms with Crippen LogP contribution in [0.2, 0.25) is 0 Å². The number of rotatable bonds is 6. The number of nitrogens with one attached hydrogen (secondary N) is 1. The number of hydrogen-bond acceptors (Lipinski definition) is 3. The van der Waals surface area contributed by atoms with Crippen LogP contribution in [0.4, 0.5) is 0 Å². The summed E-state index contributed by atoms with van der Waals surface area (Å²) < 4.78 is 7.57. The Balaban J connectivity index is 1.89. The highest BCUT2D eigenvalue weighted by Gasteiger charge is 2.14. The second kappa shape index (κ2) is 7.42. The Morgan fingerprint density at radius 2 is 2.09 bits per heavy atom. The van der Waals surface area contributed by atoms with Crippen molar-refractivity contribution in [3.05, 3.63) is 54.1 Å². The Labute approximate surface area is 137 Å². The molecule has 1 aromatic heterocycles. The maximum absolute atomic E-state index is 12.2. The summed E-state index contributed by atoms with van der Waals surface area (Å²) in [5.74, 6) is -0.0284. The van der Waals surface area contributed by atoms with E-state index in [9.17, 15) is 4.79 Å². The molecular weight excluding hydrogens is 290 g/mol. The predicted molar refractivity (Wildman–Crippen MR) is 89.8 cm³/mol. The van der Waals surface area contributed by atoms with Crippen molar-refractivity contribution in [3.8, 4) is 0 Å². The first-order valence-corrected chi connectivity index (χ1v) is 7.82. The minimum absolute atomic E-state index is 0.0284. The number of amides is 1. The van der Waals surface area contributed by atoms with Crippen molar-refractivity contribution < 1.29 is 9.53 Å². The van der Waals surface area contributed by atoms with Crippen LogP contribution in [0, 0.1) is 0 Å². The van der Waals surface area contributed by atoms with Gasteiger partial charge in [0, 0.05) is 18.9 Å². The second-order valence-corrected chi connectivity index (χ2v) is 6.62. The van der Waals surface area contributed by atoms with Crippen LogP contribution in [0.25, 0.3) is 0 Å². The van der Waals surface area contributed by atoms with Gasteiger partial charge < -0.3 is 14.6 Å². The van der Waals surface area contributed by atoms with Crippen LogP contribution < -0.4 is 5.32 Å². The molecule has 0 saturated heterocycles. The third kappa shape index (κ3) is 5.53. The summed E-state index contributed by atoms with van der Waals surface area (Å²) in [7, 11) is 0. The maximum Gasteiger partial charge on any atom is 0.243 e. The van der Waals surface area contributed by atoms with Gasteiger partial charge in [0.2, 0.25) is 5.91 Å². The number of carbonyl (C=O) groups is 1. The van der Waals surface area contributed by atoms with Gasteiger partial charge in [0.05, 0.1) is 18.5 Å². The van der Waals surface area contributed by atoms with E-state index in [0.717, 1.165) is 11.1 Å². The lowest BCUT2D eigenvalue weighted by Crippen LogP contribution is -2.30. The molecule has 5 heteroatoms. The predicted octanol–water partition coefficient (Wildman–Crippen LogP) is 3.08. The van der Waals surface area contributed by atoms with E-state index in [2.05, 4.69) is 16.4 Å². The number of aromatic nitrogens is 2. The maximum atomic E-state index is 12.2. The van der Waals surface area contributed by atoms with Crippen molar-refractivity contribution in [2.45, 2.75) is 52.5 Å². The molecule has 0 aliphatic rings. The highest BCUT2D eigenvalue weighted by atomic mass is 16.5. The molecule has 2 aromatic rings. The summed E-state index contributed by atoms with van der Waals surface area (Å²) >= 11 is 0. The smallest absolute Gasteiger partial charge is 0.243 e. The second-order valence-electron chi connectivity index (χ2n) is 6.62. The molecule has 0 spiro atoms. The third-order valence-electron chi connectivity index (χ3n) is 3.48. The summed E-state index contributed by atoms with van der Waals surface area (Å²) in [5, 5.41) is 2.96. The number of hydrogen-bond donors (Lipinski definition) is 1. The number of carbonyl (C=O) groups excluding carboxylic acids is 1. The van der Waals surface area contributed by atoms with Crippen LogP contribution >= 0.6 is 0 Å². The van der Waals surface area contributed by atoms with Gasteiger partial charge in [0.1, 0.15) is 6.04 Å². The van der Waals surface area contributed by atoms with Crippen molar-refractivity contribution in [1.29, 1.82) is 0 Å². The van der Waals surface area contributed by atoms with Crippen molar-refractivity contribution in [2.24, 2.45) is 0 Å². The van der Waals surface area contributed by atoms with E-state index < -0.39 is 0 Å². The fraction of sp³-hybridized carbons (Fsp3) is 0.444. The first-order chi connectivity index (χ1) is 10.8. The van der Waals surface area contributed by atoms with Crippen molar-refractivity contribution in [1.82, 2.24) is 14.9 Å². The van der Waals surface area contributed by atoms with Gasteiger partial charge in [0.15, 0.2) is 0 Å². The van der Waals surface area contributed by atoms with Gasteiger partial charge >= 0.3 is 0 Å². The first-order valence-electron chi connectivity index (χ1n) is 7.82. The molecule has 1 atom stereocenters. The summed E-state index contributed by atoms with van der Waals surface area (Å²) in [6, 6.07) is 7.81. The molecule has 0 unspecified atom stereocenters. The van der Waals surface area contributed by atoms with E-state index in [-0.39, 0.29) is 17.6 Å². The molecule has 5 nitrogen and oxygen atoms in total. The molecule has 1 amide bonds. The largest absolute Gasteiger partial charge is 0.371 e. The van der Waals surface area contributed by atoms with Crippen LogP contribution in [0.1, 0.15) is 44.9 Å². The number of benzene rings is 1. The summed E-state index contributed by atoms with van der Waals surface area (Å²) in [6.45, 7) is 9.03. The van der Waals surface area contributed by atoms with Crippen molar-refractivity contribution >= 4 is 5.91 Å². The molecule has 0 bridgehead atoms. The van der Waals surface area contributed by atoms with E-state index in [4.69, 9.17) is 4.74 Å². The molecule has 0 saturated carbocycles. The Morgan fingerprint density at radius 3 is 2.74 bits per heavy atom. The summed E-state index contributed by atoms with van der Waals surface area (Å²) in [4.78, 5) is 16.1. The highest BCUT2D eigenvalue weighted by molar-refractivity contribution is 5.79. The zero-order chi connectivity index (χ0) is 16.9. The van der Waals surface area contributed by atoms with E-state index >= 15 is 0 Å². The monoisotopic (exact) mass is 315 g/mol. The lowest BCUT2D eigenvalue weighted by Gasteiger charge is -2.19. The molecule has 1 N–H and O–H groups in total. The molecule has 1 heterocycles. The molecule has 0 aliphatic heterocycles. The van der Waals surface area contributed by atoms with Crippen LogP contribution in [0.5, 0.6) is 0 Å². The number of imidazole rings is 1. The zero-order valence-corrected chi connectivity index (χ0v) is 14.2. The third-order valence-corrected chi connectivity index (χ3v) is 3.48. The SMILES string of the molecule is C[C@@H](C(=O)NCc1cccc(COC(C)(C)C)c1)n1ccnc1. The van der Waals surface area contributed by atoms with Gasteiger partial charge in [-0.15, -0.1) is 0 Å². The van der Waals surface area contributed by atoms with Gasteiger partial charge in [-0.2, -0.15) is 0 Å². The van der Waals surface area contributed by atoms with Crippen LogP contribution in [-0.2, 0) is 22.7 Å². The summed E-state index contributed by atoms with van der Waals surface area (Å²) in [5.41, 5.74) is 2.00. The molecule has 0 radical (unpaired) electrons. The van der Waals surface area contributed by atoms with Gasteiger partial charge in [-0.25, -0.2) is 4.98 Å². The lowest BCUT2D eigenvalue weighted by molar-refractivity contribution is -0.124. The van der Waals surface area contributed by atoms with Gasteiger partial charge in [-0.1, -0.05) is 24.3 Å². The standard InChI is InChI=1S/C18H25N3O2/c1-14(21-9-8-19-13-21)17(22)20-11-15-6-5-7-16(10-15)12-23-18(2,3)4/h5-10,13-14H,11-12H2,1-4H3,(H,20,22)/t14-/m0/s1. The Hall–Kier alpha value is -2.14. The topological polar surface area (TPSA) is 56.1 Å². The number of nitrogens with zero attached hydrogens (tertiary/aromatic N) is 2. The average Bonchev–Trinajstić information content (AvgIpc) is 3.04. The Kier molecular flexibility index (Phi) is 5.55. The Bertz CT molecular complexity index is 630. The quantitative estimate of drug-likeness (QED) is 0.891. The van der Waals surface area contributed by atoms with Crippen molar-refractivity contribution in [2.75, 3.05) is 0 Å². The summed E-state index contributed by atoms with van der Waals surface area (Å²) in [6.07, 6.45) is 5.10. The average molecular weight is 315 g/mol. The van der Waals surface area contributed by atoms with Gasteiger partial charge in [0.25, 0.3) is 0 Å². The van der Waals surface area contributed by atoms with E-state index in [1.54, 1.807) is 23.3 Å². The van der Waals surface area contributed by atoms with E-state index in [1.165, 1.54) is 0 Å². The molecule has 0 aliphatic carbocycles. The van der Waals surface area contributed by atoms with Crippen LogP contribution in [-0.4, -0.2) is 21.1 Å². The van der Waals surface area contributed by atoms with Crippen molar-refractivity contribution in [3.63, 3.8) is 0 Å². The van der Waals surface area contributed by atoms with Gasteiger partial charge in [-0.3, -0.25) is 4.79 Å². The minimum atomic E-state index is -0.273. The molecule has 124 valence electrons. The van der Waals surface area contributed by atoms with Crippen LogP contribution in [0.15, 0.2) is 43.0 Å². The normalized spacial score (nSPS) is 12.9. The molecular formula is C18H25N3O2. The van der Waals surface area contributed by atoms with Crippen LogP contribution in [0.3, 0.4) is 0 Å². The molecule has 1 aromatic carbocycles. The van der Waals surface area contributed by atoms with Gasteiger partial charge in [-0.05, 0) is 38.8 Å². The Morgan fingerprint density at radius 1 is 1.35 bits per heavy atom. The fourth-order valence-electron chi connectivity index (χ4n) is 2.10. The molecule has 0 fully saturated rings. The number of ether oxygens (including phenoxy) is 1. The zero-order valence-electron chi connectivity index (χ0n) is 14.2. The lowest BCUT2D eigenvalue weighted by atomic mass is 10.1.